The summed E-state index contributed by atoms with van der Waals surface area (Å²) in [4.78, 5) is 0.338. The number of anilines is 1. The highest BCUT2D eigenvalue weighted by Gasteiger charge is 2.29. The topological polar surface area (TPSA) is 84.2 Å². The second kappa shape index (κ2) is 6.11. The second-order valence-electron chi connectivity index (χ2n) is 5.46. The van der Waals surface area contributed by atoms with Crippen molar-refractivity contribution in [2.24, 2.45) is 5.84 Å². The van der Waals surface area contributed by atoms with Crippen LogP contribution in [-0.2, 0) is 10.0 Å². The summed E-state index contributed by atoms with van der Waals surface area (Å²) in [6, 6.07) is 3.47. The van der Waals surface area contributed by atoms with Crippen molar-refractivity contribution in [2.75, 3.05) is 5.43 Å². The zero-order valence-electron chi connectivity index (χ0n) is 12.9. The van der Waals surface area contributed by atoms with Crippen LogP contribution in [-0.4, -0.2) is 14.0 Å². The summed E-state index contributed by atoms with van der Waals surface area (Å²) in [5.74, 6) is 5.38. The molecule has 1 aromatic carbocycles. The summed E-state index contributed by atoms with van der Waals surface area (Å²) in [5.41, 5.74) is 4.18. The average molecular weight is 299 g/mol. The minimum atomic E-state index is -3.55. The first-order chi connectivity index (χ1) is 9.19. The van der Waals surface area contributed by atoms with E-state index in [1.165, 1.54) is 0 Å². The van der Waals surface area contributed by atoms with Crippen LogP contribution in [0.4, 0.5) is 5.69 Å². The van der Waals surface area contributed by atoms with Crippen LogP contribution in [0, 0.1) is 13.8 Å². The molecule has 1 aromatic rings. The zero-order chi connectivity index (χ0) is 15.6. The van der Waals surface area contributed by atoms with Gasteiger partial charge in [-0.1, -0.05) is 13.8 Å². The fourth-order valence-corrected chi connectivity index (χ4v) is 4.23. The first kappa shape index (κ1) is 16.9. The van der Waals surface area contributed by atoms with Crippen molar-refractivity contribution in [3.8, 4) is 0 Å². The summed E-state index contributed by atoms with van der Waals surface area (Å²) in [6.07, 6.45) is 1.48. The van der Waals surface area contributed by atoms with E-state index in [0.29, 0.717) is 21.7 Å². The Bertz CT molecular complexity index is 555. The zero-order valence-corrected chi connectivity index (χ0v) is 13.7. The molecule has 0 aliphatic heterocycles. The van der Waals surface area contributed by atoms with Crippen molar-refractivity contribution in [3.05, 3.63) is 23.3 Å². The molecule has 0 aliphatic rings. The maximum Gasteiger partial charge on any atom is 0.241 e. The van der Waals surface area contributed by atoms with Gasteiger partial charge in [-0.2, -0.15) is 0 Å². The fraction of sp³-hybridized carbons (Fsp3) is 0.571. The van der Waals surface area contributed by atoms with Gasteiger partial charge in [0.2, 0.25) is 10.0 Å². The van der Waals surface area contributed by atoms with Crippen molar-refractivity contribution in [2.45, 2.75) is 57.9 Å². The number of hydrazine groups is 1. The minimum Gasteiger partial charge on any atom is -0.324 e. The molecule has 6 heteroatoms. The Morgan fingerprint density at radius 2 is 1.60 bits per heavy atom. The third-order valence-corrected chi connectivity index (χ3v) is 5.78. The highest BCUT2D eigenvalue weighted by atomic mass is 32.2. The molecule has 0 aromatic heterocycles. The number of nitrogens with two attached hydrogens (primary N) is 1. The van der Waals surface area contributed by atoms with E-state index in [-0.39, 0.29) is 0 Å². The first-order valence-corrected chi connectivity index (χ1v) is 8.29. The van der Waals surface area contributed by atoms with E-state index >= 15 is 0 Å². The van der Waals surface area contributed by atoms with E-state index in [2.05, 4.69) is 10.1 Å². The monoisotopic (exact) mass is 299 g/mol. The molecule has 4 N–H and O–H groups in total. The molecule has 0 saturated carbocycles. The Morgan fingerprint density at radius 1 is 1.15 bits per heavy atom. The van der Waals surface area contributed by atoms with Crippen LogP contribution >= 0.6 is 0 Å². The number of sulfonamides is 1. The molecular weight excluding hydrogens is 274 g/mol. The largest absolute Gasteiger partial charge is 0.324 e. The number of rotatable bonds is 6. The maximum absolute atomic E-state index is 12.6. The van der Waals surface area contributed by atoms with Gasteiger partial charge in [-0.25, -0.2) is 13.1 Å². The van der Waals surface area contributed by atoms with Crippen molar-refractivity contribution < 1.29 is 8.42 Å². The van der Waals surface area contributed by atoms with Crippen LogP contribution in [0.25, 0.3) is 0 Å². The van der Waals surface area contributed by atoms with Crippen LogP contribution in [0.2, 0.25) is 0 Å². The predicted octanol–water partition coefficient (Wildman–Crippen LogP) is 2.45. The lowest BCUT2D eigenvalue weighted by atomic mass is 9.98. The van der Waals surface area contributed by atoms with Gasteiger partial charge in [-0.05, 0) is 56.9 Å². The number of hydrogen-bond acceptors (Lipinski definition) is 4. The van der Waals surface area contributed by atoms with Gasteiger partial charge in [-0.3, -0.25) is 5.84 Å². The lowest BCUT2D eigenvalue weighted by Crippen LogP contribution is -2.45. The molecule has 0 amide bonds. The van der Waals surface area contributed by atoms with Crippen LogP contribution in [0.15, 0.2) is 17.0 Å². The van der Waals surface area contributed by atoms with Gasteiger partial charge >= 0.3 is 0 Å². The van der Waals surface area contributed by atoms with Crippen molar-refractivity contribution in [1.82, 2.24) is 4.72 Å². The van der Waals surface area contributed by atoms with Gasteiger partial charge in [0, 0.05) is 11.2 Å². The van der Waals surface area contributed by atoms with Crippen molar-refractivity contribution >= 4 is 15.7 Å². The molecule has 0 fully saturated rings. The Balaban J connectivity index is 3.30. The fourth-order valence-electron chi connectivity index (χ4n) is 2.23. The normalized spacial score (nSPS) is 12.5. The van der Waals surface area contributed by atoms with Crippen LogP contribution < -0.4 is 16.0 Å². The Labute approximate surface area is 122 Å². The molecule has 0 aliphatic carbocycles. The summed E-state index contributed by atoms with van der Waals surface area (Å²) < 4.78 is 28.1. The van der Waals surface area contributed by atoms with E-state index in [1.54, 1.807) is 26.0 Å². The van der Waals surface area contributed by atoms with Crippen molar-refractivity contribution in [3.63, 3.8) is 0 Å². The van der Waals surface area contributed by atoms with Crippen LogP contribution in [0.3, 0.4) is 0 Å². The quantitative estimate of drug-likeness (QED) is 0.556. The maximum atomic E-state index is 12.6. The number of hydrogen-bond donors (Lipinski definition) is 3. The molecule has 5 nitrogen and oxygen atoms in total. The molecule has 0 spiro atoms. The van der Waals surface area contributed by atoms with E-state index in [0.717, 1.165) is 12.8 Å². The predicted molar refractivity (Wildman–Crippen MR) is 83.0 cm³/mol. The molecule has 0 bridgehead atoms. The summed E-state index contributed by atoms with van der Waals surface area (Å²) in [5, 5.41) is 0. The standard InChI is InChI=1S/C14H25N3O2S/c1-6-14(5,7-2)17-20(18,19)13-10(3)8-12(16-15)9-11(13)4/h8-9,16-17H,6-7,15H2,1-5H3. The lowest BCUT2D eigenvalue weighted by molar-refractivity contribution is 0.388. The number of aryl methyl sites for hydroxylation is 2. The van der Waals surface area contributed by atoms with E-state index in [9.17, 15) is 8.42 Å². The van der Waals surface area contributed by atoms with Gasteiger partial charge < -0.3 is 5.43 Å². The van der Waals surface area contributed by atoms with Crippen LogP contribution in [0.1, 0.15) is 44.7 Å². The van der Waals surface area contributed by atoms with Gasteiger partial charge in [0.1, 0.15) is 0 Å². The molecule has 0 atom stereocenters. The molecule has 0 heterocycles. The Hall–Kier alpha value is -1.11. The molecular formula is C14H25N3O2S. The second-order valence-corrected chi connectivity index (χ2v) is 7.08. The highest BCUT2D eigenvalue weighted by Crippen LogP contribution is 2.26. The van der Waals surface area contributed by atoms with Crippen molar-refractivity contribution in [1.29, 1.82) is 0 Å². The average Bonchev–Trinajstić information content (AvgIpc) is 2.36. The van der Waals surface area contributed by atoms with E-state index in [1.807, 2.05) is 20.8 Å². The number of nitrogen functional groups attached to an aromatic ring is 1. The third kappa shape index (κ3) is 3.50. The first-order valence-electron chi connectivity index (χ1n) is 6.81. The molecule has 0 saturated heterocycles. The molecule has 1 rings (SSSR count). The number of benzene rings is 1. The summed E-state index contributed by atoms with van der Waals surface area (Å²) >= 11 is 0. The molecule has 0 radical (unpaired) electrons. The van der Waals surface area contributed by atoms with Gasteiger partial charge in [-0.15, -0.1) is 0 Å². The lowest BCUT2D eigenvalue weighted by Gasteiger charge is -2.28. The van der Waals surface area contributed by atoms with Gasteiger partial charge in [0.05, 0.1) is 4.90 Å². The highest BCUT2D eigenvalue weighted by molar-refractivity contribution is 7.89. The summed E-state index contributed by atoms with van der Waals surface area (Å²) in [6.45, 7) is 9.43. The van der Waals surface area contributed by atoms with Gasteiger partial charge in [0.15, 0.2) is 0 Å². The number of nitrogens with one attached hydrogen (secondary N) is 2. The van der Waals surface area contributed by atoms with E-state index < -0.39 is 15.6 Å². The minimum absolute atomic E-state index is 0.338. The van der Waals surface area contributed by atoms with Gasteiger partial charge in [0.25, 0.3) is 0 Å². The smallest absolute Gasteiger partial charge is 0.241 e. The molecule has 20 heavy (non-hydrogen) atoms. The Morgan fingerprint density at radius 3 is 1.95 bits per heavy atom. The van der Waals surface area contributed by atoms with Crippen LogP contribution in [0.5, 0.6) is 0 Å². The SMILES string of the molecule is CCC(C)(CC)NS(=O)(=O)c1c(C)cc(NN)cc1C. The Kier molecular flexibility index (Phi) is 5.18. The van der Waals surface area contributed by atoms with E-state index in [4.69, 9.17) is 5.84 Å². The molecule has 0 unspecified atom stereocenters. The third-order valence-electron chi connectivity index (χ3n) is 3.84. The molecule has 114 valence electrons. The summed E-state index contributed by atoms with van der Waals surface area (Å²) in [7, 11) is -3.55.